The molecule has 0 aliphatic carbocycles. The molecule has 1 amide bonds. The molecule has 3 heterocycles. The number of fused-ring (bicyclic) bond motifs is 3. The molecule has 1 aliphatic rings. The van der Waals surface area contributed by atoms with E-state index >= 15 is 0 Å². The third-order valence-corrected chi connectivity index (χ3v) is 4.12. The lowest BCUT2D eigenvalue weighted by Gasteiger charge is -2.29. The summed E-state index contributed by atoms with van der Waals surface area (Å²) >= 11 is 0. The van der Waals surface area contributed by atoms with E-state index in [0.29, 0.717) is 12.5 Å². The van der Waals surface area contributed by atoms with Crippen LogP contribution in [0.2, 0.25) is 0 Å². The summed E-state index contributed by atoms with van der Waals surface area (Å²) in [5.74, 6) is 0.346. The summed E-state index contributed by atoms with van der Waals surface area (Å²) in [5.41, 5.74) is 2.44. The first-order valence-corrected chi connectivity index (χ1v) is 7.81. The normalized spacial score (nSPS) is 19.5. The second kappa shape index (κ2) is 5.93. The molecule has 4 rings (SSSR count). The van der Waals surface area contributed by atoms with Gasteiger partial charge in [-0.2, -0.15) is 0 Å². The summed E-state index contributed by atoms with van der Waals surface area (Å²) in [6.45, 7) is 0.349. The number of carbonyl (C=O) groups excluding carboxylic acids is 1. The zero-order valence-corrected chi connectivity index (χ0v) is 12.9. The Kier molecular flexibility index (Phi) is 3.62. The predicted molar refractivity (Wildman–Crippen MR) is 89.1 cm³/mol. The van der Waals surface area contributed by atoms with Crippen LogP contribution in [0.1, 0.15) is 18.2 Å². The average Bonchev–Trinajstić information content (AvgIpc) is 2.98. The van der Waals surface area contributed by atoms with Gasteiger partial charge in [0.15, 0.2) is 0 Å². The number of pyridine rings is 1. The molecule has 1 aromatic carbocycles. The number of nitrogens with zero attached hydrogens (tertiary/aromatic N) is 3. The number of anilines is 1. The minimum absolute atomic E-state index is 0.161. The van der Waals surface area contributed by atoms with E-state index in [9.17, 15) is 9.90 Å². The molecule has 3 N–H and O–H groups in total. The molecule has 0 saturated carbocycles. The van der Waals surface area contributed by atoms with E-state index in [-0.39, 0.29) is 12.3 Å². The number of hydrogen-bond donors (Lipinski definition) is 3. The van der Waals surface area contributed by atoms with Crippen LogP contribution in [0.15, 0.2) is 48.7 Å². The van der Waals surface area contributed by atoms with Crippen molar-refractivity contribution in [3.8, 4) is 0 Å². The van der Waals surface area contributed by atoms with Crippen molar-refractivity contribution >= 4 is 22.9 Å². The fraction of sp³-hybridized carbons (Fsp3) is 0.235. The summed E-state index contributed by atoms with van der Waals surface area (Å²) in [6.07, 6.45) is 1.17. The Morgan fingerprint density at radius 1 is 1.29 bits per heavy atom. The van der Waals surface area contributed by atoms with Crippen molar-refractivity contribution in [2.45, 2.75) is 25.2 Å². The first-order valence-electron chi connectivity index (χ1n) is 7.81. The lowest BCUT2D eigenvalue weighted by atomic mass is 10.1. The van der Waals surface area contributed by atoms with Gasteiger partial charge in [0.25, 0.3) is 0 Å². The summed E-state index contributed by atoms with van der Waals surface area (Å²) < 4.78 is 1.84. The van der Waals surface area contributed by atoms with Gasteiger partial charge < -0.3 is 15.7 Å². The first-order chi connectivity index (χ1) is 11.7. The van der Waals surface area contributed by atoms with Gasteiger partial charge in [0.05, 0.1) is 23.3 Å². The Labute approximate surface area is 138 Å². The number of rotatable bonds is 3. The number of amides is 1. The Hall–Kier alpha value is -2.93. The fourth-order valence-corrected chi connectivity index (χ4v) is 3.01. The Morgan fingerprint density at radius 3 is 2.96 bits per heavy atom. The van der Waals surface area contributed by atoms with Crippen LogP contribution in [0.5, 0.6) is 0 Å². The number of hydrogen-bond acceptors (Lipinski definition) is 5. The molecule has 3 aromatic rings. The molecule has 2 aromatic heterocycles. The highest BCUT2D eigenvalue weighted by molar-refractivity contribution is 5.86. The van der Waals surface area contributed by atoms with E-state index in [1.807, 2.05) is 47.0 Å². The maximum absolute atomic E-state index is 12.7. The SMILES string of the molecule is O=C(NCc1ccccn1)[C@@H]1C[C@@H](O)Nc2nc3ccccc3n21. The van der Waals surface area contributed by atoms with E-state index < -0.39 is 12.3 Å². The standard InChI is InChI=1S/C17H17N5O2/c23-15-9-14(16(24)19-10-11-5-3-4-8-18-11)22-13-7-2-1-6-12(13)20-17(22)21-15/h1-8,14-15,23H,9-10H2,(H,19,24)(H,20,21)/t14-,15+/m0/s1. The fourth-order valence-electron chi connectivity index (χ4n) is 3.01. The van der Waals surface area contributed by atoms with E-state index in [0.717, 1.165) is 16.7 Å². The molecular weight excluding hydrogens is 306 g/mol. The molecular formula is C17H17N5O2. The van der Waals surface area contributed by atoms with Crippen LogP contribution in [0, 0.1) is 0 Å². The van der Waals surface area contributed by atoms with Crippen molar-refractivity contribution in [3.63, 3.8) is 0 Å². The predicted octanol–water partition coefficient (Wildman–Crippen LogP) is 1.42. The monoisotopic (exact) mass is 323 g/mol. The summed E-state index contributed by atoms with van der Waals surface area (Å²) in [4.78, 5) is 21.3. The van der Waals surface area contributed by atoms with E-state index in [2.05, 4.69) is 20.6 Å². The van der Waals surface area contributed by atoms with Crippen molar-refractivity contribution < 1.29 is 9.90 Å². The summed E-state index contributed by atoms with van der Waals surface area (Å²) in [5, 5.41) is 15.8. The maximum atomic E-state index is 12.7. The molecule has 0 fully saturated rings. The van der Waals surface area contributed by atoms with Crippen molar-refractivity contribution in [1.29, 1.82) is 0 Å². The van der Waals surface area contributed by atoms with Gasteiger partial charge in [0, 0.05) is 12.6 Å². The van der Waals surface area contributed by atoms with Gasteiger partial charge in [-0.25, -0.2) is 4.98 Å². The smallest absolute Gasteiger partial charge is 0.243 e. The molecule has 122 valence electrons. The van der Waals surface area contributed by atoms with Crippen LogP contribution in [-0.4, -0.2) is 31.8 Å². The second-order valence-corrected chi connectivity index (χ2v) is 5.74. The Balaban J connectivity index is 1.62. The first kappa shape index (κ1) is 14.6. The Bertz CT molecular complexity index is 877. The lowest BCUT2D eigenvalue weighted by Crippen LogP contribution is -2.40. The number of para-hydroxylation sites is 2. The van der Waals surface area contributed by atoms with Gasteiger partial charge >= 0.3 is 0 Å². The topological polar surface area (TPSA) is 92.1 Å². The van der Waals surface area contributed by atoms with Crippen molar-refractivity contribution in [1.82, 2.24) is 19.9 Å². The lowest BCUT2D eigenvalue weighted by molar-refractivity contribution is -0.125. The van der Waals surface area contributed by atoms with Crippen molar-refractivity contribution in [2.75, 3.05) is 5.32 Å². The van der Waals surface area contributed by atoms with Crippen molar-refractivity contribution in [3.05, 3.63) is 54.4 Å². The number of nitrogens with one attached hydrogen (secondary N) is 2. The quantitative estimate of drug-likeness (QED) is 0.678. The van der Waals surface area contributed by atoms with Gasteiger partial charge in [-0.3, -0.25) is 14.3 Å². The molecule has 24 heavy (non-hydrogen) atoms. The third-order valence-electron chi connectivity index (χ3n) is 4.12. The van der Waals surface area contributed by atoms with E-state index in [4.69, 9.17) is 0 Å². The van der Waals surface area contributed by atoms with Crippen LogP contribution < -0.4 is 10.6 Å². The zero-order valence-electron chi connectivity index (χ0n) is 12.9. The zero-order chi connectivity index (χ0) is 16.5. The van der Waals surface area contributed by atoms with Crippen molar-refractivity contribution in [2.24, 2.45) is 0 Å². The number of aliphatic hydroxyl groups is 1. The summed E-state index contributed by atoms with van der Waals surface area (Å²) in [7, 11) is 0. The molecule has 1 aliphatic heterocycles. The number of aromatic nitrogens is 3. The molecule has 0 spiro atoms. The second-order valence-electron chi connectivity index (χ2n) is 5.74. The van der Waals surface area contributed by atoms with Gasteiger partial charge in [0.1, 0.15) is 12.3 Å². The highest BCUT2D eigenvalue weighted by atomic mass is 16.3. The van der Waals surface area contributed by atoms with Gasteiger partial charge in [0.2, 0.25) is 11.9 Å². The molecule has 7 nitrogen and oxygen atoms in total. The molecule has 2 atom stereocenters. The third kappa shape index (κ3) is 2.59. The number of benzene rings is 1. The van der Waals surface area contributed by atoms with Gasteiger partial charge in [-0.05, 0) is 24.3 Å². The number of aliphatic hydroxyl groups excluding tert-OH is 1. The van der Waals surface area contributed by atoms with Gasteiger partial charge in [-0.1, -0.05) is 18.2 Å². The van der Waals surface area contributed by atoms with Crippen LogP contribution in [0.3, 0.4) is 0 Å². The van der Waals surface area contributed by atoms with E-state index in [1.165, 1.54) is 0 Å². The number of imidazole rings is 1. The van der Waals surface area contributed by atoms with E-state index in [1.54, 1.807) is 6.20 Å². The average molecular weight is 323 g/mol. The maximum Gasteiger partial charge on any atom is 0.243 e. The molecule has 0 unspecified atom stereocenters. The van der Waals surface area contributed by atoms with Gasteiger partial charge in [-0.15, -0.1) is 0 Å². The Morgan fingerprint density at radius 2 is 2.12 bits per heavy atom. The molecule has 0 radical (unpaired) electrons. The highest BCUT2D eigenvalue weighted by Gasteiger charge is 2.32. The molecule has 0 bridgehead atoms. The largest absolute Gasteiger partial charge is 0.374 e. The van der Waals surface area contributed by atoms with Crippen LogP contribution in [-0.2, 0) is 11.3 Å². The highest BCUT2D eigenvalue weighted by Crippen LogP contribution is 2.31. The molecule has 7 heteroatoms. The van der Waals surface area contributed by atoms with Crippen LogP contribution in [0.4, 0.5) is 5.95 Å². The summed E-state index contributed by atoms with van der Waals surface area (Å²) in [6, 6.07) is 12.7. The number of carbonyl (C=O) groups is 1. The minimum atomic E-state index is -0.806. The molecule has 0 saturated heterocycles. The van der Waals surface area contributed by atoms with Crippen LogP contribution >= 0.6 is 0 Å². The minimum Gasteiger partial charge on any atom is -0.374 e. The van der Waals surface area contributed by atoms with Crippen LogP contribution in [0.25, 0.3) is 11.0 Å².